The van der Waals surface area contributed by atoms with Crippen LogP contribution in [-0.4, -0.2) is 59.9 Å². The summed E-state index contributed by atoms with van der Waals surface area (Å²) >= 11 is 1.91. The maximum atomic E-state index is 12.4. The minimum absolute atomic E-state index is 0. The summed E-state index contributed by atoms with van der Waals surface area (Å²) in [5.74, 6) is 3.69. The van der Waals surface area contributed by atoms with E-state index < -0.39 is 0 Å². The van der Waals surface area contributed by atoms with Crippen LogP contribution in [0.1, 0.15) is 41.1 Å². The summed E-state index contributed by atoms with van der Waals surface area (Å²) in [5.41, 5.74) is 0.608. The summed E-state index contributed by atoms with van der Waals surface area (Å²) in [6.45, 7) is 6.07. The molecule has 3 rings (SSSR count). The lowest BCUT2D eigenvalue weighted by Crippen LogP contribution is -2.48. The molecule has 146 valence electrons. The molecular formula is C18H28ClN3O3S. The van der Waals surface area contributed by atoms with Crippen molar-refractivity contribution < 1.29 is 14.0 Å². The van der Waals surface area contributed by atoms with E-state index in [1.807, 2.05) is 23.6 Å². The summed E-state index contributed by atoms with van der Waals surface area (Å²) in [6.07, 6.45) is 2.19. The molecule has 2 saturated heterocycles. The van der Waals surface area contributed by atoms with Crippen LogP contribution in [0.4, 0.5) is 0 Å². The van der Waals surface area contributed by atoms with Crippen LogP contribution in [0.25, 0.3) is 0 Å². The van der Waals surface area contributed by atoms with Crippen molar-refractivity contribution >= 4 is 36.0 Å². The van der Waals surface area contributed by atoms with Crippen molar-refractivity contribution in [3.05, 3.63) is 23.2 Å². The zero-order valence-corrected chi connectivity index (χ0v) is 17.0. The second-order valence-electron chi connectivity index (χ2n) is 6.89. The minimum Gasteiger partial charge on any atom is -0.466 e. The Morgan fingerprint density at radius 3 is 2.65 bits per heavy atom. The lowest BCUT2D eigenvalue weighted by Gasteiger charge is -2.33. The summed E-state index contributed by atoms with van der Waals surface area (Å²) in [7, 11) is 0. The van der Waals surface area contributed by atoms with Crippen molar-refractivity contribution in [2.75, 3.05) is 31.1 Å². The summed E-state index contributed by atoms with van der Waals surface area (Å²) < 4.78 is 5.42. The van der Waals surface area contributed by atoms with E-state index in [0.29, 0.717) is 36.9 Å². The van der Waals surface area contributed by atoms with Crippen LogP contribution < -0.4 is 10.6 Å². The number of aryl methyl sites for hydroxylation is 2. The number of carbonyl (C=O) groups excluding carboxylic acids is 2. The molecule has 1 aromatic rings. The van der Waals surface area contributed by atoms with Crippen molar-refractivity contribution in [2.45, 2.75) is 45.2 Å². The van der Waals surface area contributed by atoms with Crippen LogP contribution in [0.2, 0.25) is 0 Å². The van der Waals surface area contributed by atoms with Gasteiger partial charge in [0.05, 0.1) is 5.56 Å². The molecule has 0 bridgehead atoms. The number of amides is 2. The van der Waals surface area contributed by atoms with Gasteiger partial charge in [-0.05, 0) is 32.8 Å². The first-order valence-electron chi connectivity index (χ1n) is 8.99. The van der Waals surface area contributed by atoms with Gasteiger partial charge in [0.1, 0.15) is 11.5 Å². The summed E-state index contributed by atoms with van der Waals surface area (Å²) in [4.78, 5) is 26.7. The van der Waals surface area contributed by atoms with Crippen LogP contribution in [0.3, 0.4) is 0 Å². The van der Waals surface area contributed by atoms with E-state index in [1.54, 1.807) is 13.0 Å². The molecule has 2 amide bonds. The standard InChI is InChI=1S/C18H27N3O3S.ClH/c1-12-9-16(13(2)24-12)18(23)20-14-3-6-21(7-4-14)17(22)10-15-11-25-8-5-19-15;/h9,14-15,19H,3-8,10-11H2,1-2H3,(H,20,23);1H. The molecule has 0 radical (unpaired) electrons. The highest BCUT2D eigenvalue weighted by Gasteiger charge is 2.27. The SMILES string of the molecule is Cc1cc(C(=O)NC2CCN(C(=O)CC3CSCCN3)CC2)c(C)o1.Cl. The van der Waals surface area contributed by atoms with Gasteiger partial charge in [-0.2, -0.15) is 11.8 Å². The van der Waals surface area contributed by atoms with Gasteiger partial charge in [-0.25, -0.2) is 0 Å². The number of rotatable bonds is 4. The highest BCUT2D eigenvalue weighted by molar-refractivity contribution is 7.99. The van der Waals surface area contributed by atoms with Gasteiger partial charge >= 0.3 is 0 Å². The maximum absolute atomic E-state index is 12.4. The van der Waals surface area contributed by atoms with Crippen LogP contribution in [-0.2, 0) is 4.79 Å². The Bertz CT molecular complexity index is 623. The fraction of sp³-hybridized carbons (Fsp3) is 0.667. The normalized spacial score (nSPS) is 21.2. The highest BCUT2D eigenvalue weighted by Crippen LogP contribution is 2.17. The van der Waals surface area contributed by atoms with E-state index in [1.165, 1.54) is 0 Å². The number of nitrogens with zero attached hydrogens (tertiary/aromatic N) is 1. The fourth-order valence-electron chi connectivity index (χ4n) is 3.48. The first-order valence-corrected chi connectivity index (χ1v) is 10.1. The van der Waals surface area contributed by atoms with Crippen molar-refractivity contribution in [3.8, 4) is 0 Å². The zero-order chi connectivity index (χ0) is 17.8. The molecule has 1 atom stereocenters. The Labute approximate surface area is 165 Å². The minimum atomic E-state index is -0.0810. The van der Waals surface area contributed by atoms with Gasteiger partial charge in [-0.3, -0.25) is 9.59 Å². The molecular weight excluding hydrogens is 374 g/mol. The van der Waals surface area contributed by atoms with Crippen molar-refractivity contribution in [2.24, 2.45) is 0 Å². The van der Waals surface area contributed by atoms with Crippen LogP contribution in [0, 0.1) is 13.8 Å². The number of furan rings is 1. The van der Waals surface area contributed by atoms with Gasteiger partial charge in [0.25, 0.3) is 5.91 Å². The predicted octanol–water partition coefficient (Wildman–Crippen LogP) is 2.13. The zero-order valence-electron chi connectivity index (χ0n) is 15.4. The number of thioether (sulfide) groups is 1. The average Bonchev–Trinajstić information content (AvgIpc) is 2.95. The molecule has 2 aliphatic heterocycles. The second-order valence-corrected chi connectivity index (χ2v) is 8.04. The molecule has 2 fully saturated rings. The number of likely N-dealkylation sites (tertiary alicyclic amines) is 1. The average molecular weight is 402 g/mol. The Morgan fingerprint density at radius 1 is 1.35 bits per heavy atom. The summed E-state index contributed by atoms with van der Waals surface area (Å²) in [5, 5.41) is 6.49. The van der Waals surface area contributed by atoms with E-state index in [4.69, 9.17) is 4.42 Å². The molecule has 0 spiro atoms. The first kappa shape index (κ1) is 21.1. The number of halogens is 1. The fourth-order valence-corrected chi connectivity index (χ4v) is 4.43. The van der Waals surface area contributed by atoms with Crippen LogP contribution >= 0.6 is 24.2 Å². The predicted molar refractivity (Wildman–Crippen MR) is 106 cm³/mol. The Hall–Kier alpha value is -1.18. The van der Waals surface area contributed by atoms with Gasteiger partial charge in [-0.15, -0.1) is 12.4 Å². The van der Waals surface area contributed by atoms with Crippen LogP contribution in [0.15, 0.2) is 10.5 Å². The smallest absolute Gasteiger partial charge is 0.255 e. The largest absolute Gasteiger partial charge is 0.466 e. The van der Waals surface area contributed by atoms with Crippen LogP contribution in [0.5, 0.6) is 0 Å². The molecule has 2 N–H and O–H groups in total. The molecule has 1 aromatic heterocycles. The second kappa shape index (κ2) is 9.67. The number of nitrogens with one attached hydrogen (secondary N) is 2. The van der Waals surface area contributed by atoms with E-state index >= 15 is 0 Å². The van der Waals surface area contributed by atoms with Gasteiger partial charge < -0.3 is 20.0 Å². The third kappa shape index (κ3) is 5.41. The number of carbonyl (C=O) groups is 2. The maximum Gasteiger partial charge on any atom is 0.255 e. The highest BCUT2D eigenvalue weighted by atomic mass is 35.5. The summed E-state index contributed by atoms with van der Waals surface area (Å²) in [6, 6.07) is 2.20. The molecule has 0 saturated carbocycles. The molecule has 26 heavy (non-hydrogen) atoms. The third-order valence-electron chi connectivity index (χ3n) is 4.89. The van der Waals surface area contributed by atoms with E-state index in [2.05, 4.69) is 10.6 Å². The molecule has 8 heteroatoms. The lowest BCUT2D eigenvalue weighted by atomic mass is 10.0. The Kier molecular flexibility index (Phi) is 7.85. The van der Waals surface area contributed by atoms with Crippen molar-refractivity contribution in [3.63, 3.8) is 0 Å². The topological polar surface area (TPSA) is 74.6 Å². The molecule has 2 aliphatic rings. The third-order valence-corrected chi connectivity index (χ3v) is 6.02. The quantitative estimate of drug-likeness (QED) is 0.808. The lowest BCUT2D eigenvalue weighted by molar-refractivity contribution is -0.132. The Balaban J connectivity index is 0.00000243. The van der Waals surface area contributed by atoms with E-state index in [9.17, 15) is 9.59 Å². The molecule has 1 unspecified atom stereocenters. The van der Waals surface area contributed by atoms with Gasteiger partial charge in [-0.1, -0.05) is 0 Å². The molecule has 0 aromatic carbocycles. The Morgan fingerprint density at radius 2 is 2.08 bits per heavy atom. The molecule has 6 nitrogen and oxygen atoms in total. The molecule has 0 aliphatic carbocycles. The van der Waals surface area contributed by atoms with Gasteiger partial charge in [0.15, 0.2) is 0 Å². The van der Waals surface area contributed by atoms with Gasteiger partial charge in [0, 0.05) is 49.6 Å². The number of hydrogen-bond donors (Lipinski definition) is 2. The first-order chi connectivity index (χ1) is 12.0. The van der Waals surface area contributed by atoms with Gasteiger partial charge in [0.2, 0.25) is 5.91 Å². The van der Waals surface area contributed by atoms with Crippen molar-refractivity contribution in [1.29, 1.82) is 0 Å². The molecule has 3 heterocycles. The van der Waals surface area contributed by atoms with Crippen molar-refractivity contribution in [1.82, 2.24) is 15.5 Å². The number of piperidine rings is 1. The van der Waals surface area contributed by atoms with E-state index in [0.717, 1.165) is 36.7 Å². The monoisotopic (exact) mass is 401 g/mol. The number of hydrogen-bond acceptors (Lipinski definition) is 5. The van der Waals surface area contributed by atoms with E-state index in [-0.39, 0.29) is 30.3 Å².